The third-order valence-corrected chi connectivity index (χ3v) is 5.28. The van der Waals surface area contributed by atoms with Gasteiger partial charge in [-0.2, -0.15) is 0 Å². The van der Waals surface area contributed by atoms with Crippen molar-refractivity contribution in [1.82, 2.24) is 4.57 Å². The molecule has 1 aromatic heterocycles. The molecule has 0 bridgehead atoms. The molecule has 3 aromatic carbocycles. The highest BCUT2D eigenvalue weighted by Gasteiger charge is 2.34. The monoisotopic (exact) mass is 293 g/mol. The van der Waals surface area contributed by atoms with Crippen molar-refractivity contribution in [1.29, 1.82) is 0 Å². The molecule has 2 radical (unpaired) electrons. The summed E-state index contributed by atoms with van der Waals surface area (Å²) in [4.78, 5) is 0. The van der Waals surface area contributed by atoms with E-state index in [1.807, 2.05) is 0 Å². The highest BCUT2D eigenvalue weighted by atomic mass is 15.0. The van der Waals surface area contributed by atoms with Crippen molar-refractivity contribution in [2.75, 3.05) is 0 Å². The summed E-state index contributed by atoms with van der Waals surface area (Å²) in [5.74, 6) is 0. The Morgan fingerprint density at radius 3 is 2.43 bits per heavy atom. The number of hydrogen-bond acceptors (Lipinski definition) is 0. The van der Waals surface area contributed by atoms with Crippen LogP contribution in [0.1, 0.15) is 25.0 Å². The van der Waals surface area contributed by atoms with Gasteiger partial charge in [0.25, 0.3) is 0 Å². The Kier molecular flexibility index (Phi) is 2.31. The van der Waals surface area contributed by atoms with Gasteiger partial charge in [0, 0.05) is 16.2 Å². The van der Waals surface area contributed by atoms with E-state index in [2.05, 4.69) is 79.1 Å². The Morgan fingerprint density at radius 1 is 0.826 bits per heavy atom. The van der Waals surface area contributed by atoms with Gasteiger partial charge in [-0.1, -0.05) is 67.8 Å². The molecule has 0 unspecified atom stereocenters. The Balaban J connectivity index is 2.15. The summed E-state index contributed by atoms with van der Waals surface area (Å²) < 4.78 is 2.40. The minimum Gasteiger partial charge on any atom is -0.309 e. The fraction of sp³-hybridized carbons (Fsp3) is 0.143. The number of benzene rings is 3. The zero-order chi connectivity index (χ0) is 15.8. The van der Waals surface area contributed by atoms with E-state index in [0.29, 0.717) is 0 Å². The summed E-state index contributed by atoms with van der Waals surface area (Å²) in [5.41, 5.74) is 7.25. The van der Waals surface area contributed by atoms with Crippen LogP contribution >= 0.6 is 0 Å². The summed E-state index contributed by atoms with van der Waals surface area (Å²) >= 11 is 0. The molecule has 0 fully saturated rings. The number of aromatic nitrogens is 1. The van der Waals surface area contributed by atoms with Crippen LogP contribution < -0.4 is 5.46 Å². The molecule has 0 saturated heterocycles. The van der Waals surface area contributed by atoms with Crippen molar-refractivity contribution in [3.05, 3.63) is 71.8 Å². The van der Waals surface area contributed by atoms with Gasteiger partial charge in [-0.3, -0.25) is 0 Å². The Labute approximate surface area is 137 Å². The largest absolute Gasteiger partial charge is 0.309 e. The second-order valence-corrected chi connectivity index (χ2v) is 6.96. The number of para-hydroxylation sites is 2. The van der Waals surface area contributed by atoms with Crippen molar-refractivity contribution >= 4 is 35.1 Å². The first-order chi connectivity index (χ1) is 11.1. The molecule has 5 rings (SSSR count). The van der Waals surface area contributed by atoms with Gasteiger partial charge in [-0.05, 0) is 23.3 Å². The fourth-order valence-electron chi connectivity index (χ4n) is 4.19. The maximum atomic E-state index is 6.26. The van der Waals surface area contributed by atoms with Gasteiger partial charge in [0.05, 0.1) is 16.7 Å². The van der Waals surface area contributed by atoms with E-state index in [0.717, 1.165) is 5.46 Å². The van der Waals surface area contributed by atoms with Crippen molar-refractivity contribution < 1.29 is 0 Å². The second-order valence-electron chi connectivity index (χ2n) is 6.96. The molecule has 1 aliphatic heterocycles. The van der Waals surface area contributed by atoms with E-state index in [1.54, 1.807) is 0 Å². The average Bonchev–Trinajstić information content (AvgIpc) is 2.88. The maximum Gasteiger partial charge on any atom is 0.113 e. The zero-order valence-electron chi connectivity index (χ0n) is 13.3. The molecular weight excluding hydrogens is 277 g/mol. The molecule has 108 valence electrons. The second kappa shape index (κ2) is 4.08. The topological polar surface area (TPSA) is 4.93 Å². The summed E-state index contributed by atoms with van der Waals surface area (Å²) in [6, 6.07) is 21.6. The normalized spacial score (nSPS) is 15.0. The van der Waals surface area contributed by atoms with Crippen LogP contribution in [-0.2, 0) is 5.41 Å². The smallest absolute Gasteiger partial charge is 0.113 e. The number of rotatable bonds is 0. The first kappa shape index (κ1) is 13.0. The Hall–Kier alpha value is -2.48. The lowest BCUT2D eigenvalue weighted by molar-refractivity contribution is 0.630. The van der Waals surface area contributed by atoms with Gasteiger partial charge in [0.1, 0.15) is 7.85 Å². The van der Waals surface area contributed by atoms with Crippen molar-refractivity contribution in [2.24, 2.45) is 0 Å². The minimum absolute atomic E-state index is 0.0609. The first-order valence-corrected chi connectivity index (χ1v) is 8.02. The van der Waals surface area contributed by atoms with Crippen LogP contribution in [0.5, 0.6) is 0 Å². The van der Waals surface area contributed by atoms with Crippen LogP contribution in [-0.4, -0.2) is 12.4 Å². The molecule has 0 atom stereocenters. The minimum atomic E-state index is -0.0609. The van der Waals surface area contributed by atoms with Crippen molar-refractivity contribution in [3.63, 3.8) is 0 Å². The molecule has 2 heterocycles. The molecule has 0 N–H and O–H groups in total. The van der Waals surface area contributed by atoms with Crippen LogP contribution in [0.4, 0.5) is 0 Å². The summed E-state index contributed by atoms with van der Waals surface area (Å²) in [6.45, 7) is 4.59. The Morgan fingerprint density at radius 2 is 1.57 bits per heavy atom. The van der Waals surface area contributed by atoms with E-state index in [4.69, 9.17) is 7.85 Å². The van der Waals surface area contributed by atoms with Crippen LogP contribution in [0, 0.1) is 0 Å². The number of hydrogen-bond donors (Lipinski definition) is 0. The summed E-state index contributed by atoms with van der Waals surface area (Å²) in [5, 5.41) is 2.52. The highest BCUT2D eigenvalue weighted by Crippen LogP contribution is 2.46. The summed E-state index contributed by atoms with van der Waals surface area (Å²) in [7, 11) is 6.26. The highest BCUT2D eigenvalue weighted by molar-refractivity contribution is 6.34. The van der Waals surface area contributed by atoms with Gasteiger partial charge in [-0.15, -0.1) is 0 Å². The molecule has 1 nitrogen and oxygen atoms in total. The molecular formula is C21H16BN. The van der Waals surface area contributed by atoms with Gasteiger partial charge in [-0.25, -0.2) is 0 Å². The van der Waals surface area contributed by atoms with Crippen LogP contribution in [0.15, 0.2) is 60.7 Å². The van der Waals surface area contributed by atoms with Crippen molar-refractivity contribution in [3.8, 4) is 5.69 Å². The van der Waals surface area contributed by atoms with Gasteiger partial charge < -0.3 is 4.57 Å². The molecule has 0 spiro atoms. The van der Waals surface area contributed by atoms with Gasteiger partial charge >= 0.3 is 0 Å². The predicted molar refractivity (Wildman–Crippen MR) is 98.3 cm³/mol. The van der Waals surface area contributed by atoms with E-state index in [1.165, 1.54) is 38.6 Å². The van der Waals surface area contributed by atoms with Crippen LogP contribution in [0.25, 0.3) is 27.5 Å². The third kappa shape index (κ3) is 1.49. The standard InChI is InChI=1S/C21H16BN/c1-21(2)16-8-4-6-10-19(16)23-18-9-5-3-7-14(18)15-11-13(22)12-17(21)20(15)23/h3-12H,1-2H3. The lowest BCUT2D eigenvalue weighted by atomic mass is 9.73. The van der Waals surface area contributed by atoms with Gasteiger partial charge in [0.2, 0.25) is 0 Å². The zero-order valence-corrected chi connectivity index (χ0v) is 13.3. The quantitative estimate of drug-likeness (QED) is 0.428. The molecule has 2 heteroatoms. The maximum absolute atomic E-state index is 6.26. The average molecular weight is 293 g/mol. The van der Waals surface area contributed by atoms with E-state index >= 15 is 0 Å². The number of fused-ring (bicyclic) bond motifs is 5. The van der Waals surface area contributed by atoms with Crippen LogP contribution in [0.2, 0.25) is 0 Å². The Bertz CT molecular complexity index is 1100. The van der Waals surface area contributed by atoms with Crippen LogP contribution in [0.3, 0.4) is 0 Å². The summed E-state index contributed by atoms with van der Waals surface area (Å²) in [6.07, 6.45) is 0. The van der Waals surface area contributed by atoms with E-state index < -0.39 is 0 Å². The van der Waals surface area contributed by atoms with E-state index in [9.17, 15) is 0 Å². The predicted octanol–water partition coefficient (Wildman–Crippen LogP) is 4.22. The number of nitrogens with zero attached hydrogens (tertiary/aromatic N) is 1. The van der Waals surface area contributed by atoms with Gasteiger partial charge in [0.15, 0.2) is 0 Å². The lowest BCUT2D eigenvalue weighted by Gasteiger charge is -2.35. The molecule has 0 amide bonds. The van der Waals surface area contributed by atoms with E-state index in [-0.39, 0.29) is 5.41 Å². The first-order valence-electron chi connectivity index (χ1n) is 8.02. The molecule has 23 heavy (non-hydrogen) atoms. The molecule has 0 aliphatic carbocycles. The lowest BCUT2D eigenvalue weighted by Crippen LogP contribution is -2.27. The molecule has 4 aromatic rings. The fourth-order valence-corrected chi connectivity index (χ4v) is 4.19. The van der Waals surface area contributed by atoms with Crippen molar-refractivity contribution in [2.45, 2.75) is 19.3 Å². The SMILES string of the molecule is [B]c1cc2c3c(c1)c1ccccc1n3-c1ccccc1C2(C)C. The third-order valence-electron chi connectivity index (χ3n) is 5.28. The molecule has 1 aliphatic rings. The molecule has 0 saturated carbocycles.